The van der Waals surface area contributed by atoms with E-state index in [1.165, 1.54) is 0 Å². The lowest BCUT2D eigenvalue weighted by Gasteiger charge is -2.37. The molecule has 0 bridgehead atoms. The predicted molar refractivity (Wildman–Crippen MR) is 91.4 cm³/mol. The molecule has 0 aromatic heterocycles. The lowest BCUT2D eigenvalue weighted by atomic mass is 10.1. The molecule has 1 aromatic rings. The molecule has 1 fully saturated rings. The maximum absolute atomic E-state index is 12.1. The molecule has 1 aliphatic rings. The Labute approximate surface area is 142 Å². The molecule has 0 saturated carbocycles. The van der Waals surface area contributed by atoms with E-state index >= 15 is 0 Å². The van der Waals surface area contributed by atoms with Gasteiger partial charge in [0, 0.05) is 30.7 Å². The summed E-state index contributed by atoms with van der Waals surface area (Å²) in [4.78, 5) is 26.2. The van der Waals surface area contributed by atoms with E-state index in [1.54, 1.807) is 0 Å². The topological polar surface area (TPSA) is 61.4 Å². The van der Waals surface area contributed by atoms with Crippen LogP contribution in [0.3, 0.4) is 0 Å². The first-order valence-electron chi connectivity index (χ1n) is 8.02. The smallest absolute Gasteiger partial charge is 0.237 e. The second-order valence-electron chi connectivity index (χ2n) is 6.07. The Bertz CT molecular complexity index is 563. The maximum atomic E-state index is 12.1. The summed E-state index contributed by atoms with van der Waals surface area (Å²) >= 11 is 5.94. The molecule has 2 N–H and O–H groups in total. The third-order valence-electron chi connectivity index (χ3n) is 4.04. The van der Waals surface area contributed by atoms with E-state index in [-0.39, 0.29) is 30.3 Å². The van der Waals surface area contributed by atoms with Gasteiger partial charge in [0.15, 0.2) is 0 Å². The van der Waals surface area contributed by atoms with Gasteiger partial charge in [0.2, 0.25) is 11.8 Å². The zero-order chi connectivity index (χ0) is 16.8. The Kier molecular flexibility index (Phi) is 6.42. The number of piperazine rings is 1. The molecular weight excluding hydrogens is 314 g/mol. The lowest BCUT2D eigenvalue weighted by Crippen LogP contribution is -2.58. The SMILES string of the molecule is CC(C)N1CCNC(=O)C1CC(=O)NCCc1cccc(Cl)c1. The number of halogens is 1. The molecule has 1 atom stereocenters. The molecule has 1 unspecified atom stereocenters. The number of nitrogens with zero attached hydrogens (tertiary/aromatic N) is 1. The monoisotopic (exact) mass is 337 g/mol. The van der Waals surface area contributed by atoms with Gasteiger partial charge < -0.3 is 10.6 Å². The van der Waals surface area contributed by atoms with Crippen LogP contribution in [0.1, 0.15) is 25.8 Å². The van der Waals surface area contributed by atoms with Crippen LogP contribution in [0.15, 0.2) is 24.3 Å². The Hall–Kier alpha value is -1.59. The standard InChI is InChI=1S/C17H24ClN3O2/c1-12(2)21-9-8-20-17(23)15(21)11-16(22)19-7-6-13-4-3-5-14(18)10-13/h3-5,10,12,15H,6-9,11H2,1-2H3,(H,19,22)(H,20,23). The zero-order valence-electron chi connectivity index (χ0n) is 13.6. The van der Waals surface area contributed by atoms with Crippen LogP contribution in [-0.2, 0) is 16.0 Å². The van der Waals surface area contributed by atoms with Crippen LogP contribution < -0.4 is 10.6 Å². The molecule has 0 aliphatic carbocycles. The first-order chi connectivity index (χ1) is 11.0. The molecule has 6 heteroatoms. The highest BCUT2D eigenvalue weighted by molar-refractivity contribution is 6.30. The largest absolute Gasteiger partial charge is 0.356 e. The summed E-state index contributed by atoms with van der Waals surface area (Å²) in [6.07, 6.45) is 0.913. The minimum absolute atomic E-state index is 0.0602. The van der Waals surface area contributed by atoms with E-state index in [0.717, 1.165) is 18.5 Å². The van der Waals surface area contributed by atoms with Crippen molar-refractivity contribution in [3.05, 3.63) is 34.9 Å². The zero-order valence-corrected chi connectivity index (χ0v) is 14.4. The summed E-state index contributed by atoms with van der Waals surface area (Å²) in [5.74, 6) is -0.158. The van der Waals surface area contributed by atoms with Crippen LogP contribution in [0.2, 0.25) is 5.02 Å². The highest BCUT2D eigenvalue weighted by Gasteiger charge is 2.32. The van der Waals surface area contributed by atoms with Crippen LogP contribution in [-0.4, -0.2) is 48.4 Å². The summed E-state index contributed by atoms with van der Waals surface area (Å²) in [5.41, 5.74) is 1.08. The van der Waals surface area contributed by atoms with Crippen molar-refractivity contribution in [2.75, 3.05) is 19.6 Å². The summed E-state index contributed by atoms with van der Waals surface area (Å²) in [6, 6.07) is 7.45. The first kappa shape index (κ1) is 17.8. The van der Waals surface area contributed by atoms with E-state index in [1.807, 2.05) is 38.1 Å². The van der Waals surface area contributed by atoms with E-state index in [4.69, 9.17) is 11.6 Å². The highest BCUT2D eigenvalue weighted by atomic mass is 35.5. The molecule has 0 spiro atoms. The Morgan fingerprint density at radius 1 is 1.48 bits per heavy atom. The fraction of sp³-hybridized carbons (Fsp3) is 0.529. The van der Waals surface area contributed by atoms with Crippen LogP contribution in [0, 0.1) is 0 Å². The van der Waals surface area contributed by atoms with Gasteiger partial charge in [-0.05, 0) is 38.0 Å². The number of hydrogen-bond acceptors (Lipinski definition) is 3. The van der Waals surface area contributed by atoms with Crippen molar-refractivity contribution in [3.8, 4) is 0 Å². The second kappa shape index (κ2) is 8.31. The first-order valence-corrected chi connectivity index (χ1v) is 8.40. The molecule has 126 valence electrons. The fourth-order valence-electron chi connectivity index (χ4n) is 2.85. The van der Waals surface area contributed by atoms with Crippen LogP contribution in [0.5, 0.6) is 0 Å². The quantitative estimate of drug-likeness (QED) is 0.829. The predicted octanol–water partition coefficient (Wildman–Crippen LogP) is 1.60. The van der Waals surface area contributed by atoms with Gasteiger partial charge >= 0.3 is 0 Å². The van der Waals surface area contributed by atoms with Crippen molar-refractivity contribution in [1.82, 2.24) is 15.5 Å². The Morgan fingerprint density at radius 2 is 2.26 bits per heavy atom. The van der Waals surface area contributed by atoms with Crippen molar-refractivity contribution in [2.45, 2.75) is 38.8 Å². The minimum Gasteiger partial charge on any atom is -0.356 e. The molecule has 23 heavy (non-hydrogen) atoms. The molecule has 1 saturated heterocycles. The van der Waals surface area contributed by atoms with Crippen molar-refractivity contribution in [2.24, 2.45) is 0 Å². The van der Waals surface area contributed by atoms with Crippen LogP contribution in [0.25, 0.3) is 0 Å². The average Bonchev–Trinajstić information content (AvgIpc) is 2.49. The molecule has 1 aromatic carbocycles. The van der Waals surface area contributed by atoms with E-state index in [2.05, 4.69) is 15.5 Å². The van der Waals surface area contributed by atoms with Gasteiger partial charge in [0.1, 0.15) is 0 Å². The third-order valence-corrected chi connectivity index (χ3v) is 4.27. The van der Waals surface area contributed by atoms with Crippen molar-refractivity contribution in [3.63, 3.8) is 0 Å². The maximum Gasteiger partial charge on any atom is 0.237 e. The van der Waals surface area contributed by atoms with Gasteiger partial charge in [-0.25, -0.2) is 0 Å². The Morgan fingerprint density at radius 3 is 2.96 bits per heavy atom. The normalized spacial score (nSPS) is 18.8. The summed E-state index contributed by atoms with van der Waals surface area (Å²) < 4.78 is 0. The number of rotatable bonds is 6. The van der Waals surface area contributed by atoms with Gasteiger partial charge in [0.25, 0.3) is 0 Å². The second-order valence-corrected chi connectivity index (χ2v) is 6.51. The minimum atomic E-state index is -0.380. The van der Waals surface area contributed by atoms with Gasteiger partial charge in [-0.1, -0.05) is 23.7 Å². The summed E-state index contributed by atoms with van der Waals surface area (Å²) in [5, 5.41) is 6.42. The van der Waals surface area contributed by atoms with E-state index in [9.17, 15) is 9.59 Å². The fourth-order valence-corrected chi connectivity index (χ4v) is 3.06. The van der Waals surface area contributed by atoms with Crippen molar-refractivity contribution < 1.29 is 9.59 Å². The average molecular weight is 338 g/mol. The summed E-state index contributed by atoms with van der Waals surface area (Å²) in [6.45, 7) is 6.05. The molecular formula is C17H24ClN3O2. The number of benzene rings is 1. The van der Waals surface area contributed by atoms with Crippen molar-refractivity contribution in [1.29, 1.82) is 0 Å². The van der Waals surface area contributed by atoms with E-state index in [0.29, 0.717) is 18.1 Å². The molecule has 5 nitrogen and oxygen atoms in total. The molecule has 0 radical (unpaired) electrons. The van der Waals surface area contributed by atoms with Crippen LogP contribution >= 0.6 is 11.6 Å². The van der Waals surface area contributed by atoms with Gasteiger partial charge in [0.05, 0.1) is 12.5 Å². The number of carbonyl (C=O) groups excluding carboxylic acids is 2. The summed E-state index contributed by atoms with van der Waals surface area (Å²) in [7, 11) is 0. The van der Waals surface area contributed by atoms with Crippen molar-refractivity contribution >= 4 is 23.4 Å². The highest BCUT2D eigenvalue weighted by Crippen LogP contribution is 2.13. The molecule has 1 aliphatic heterocycles. The van der Waals surface area contributed by atoms with Gasteiger partial charge in [-0.2, -0.15) is 0 Å². The number of hydrogen-bond donors (Lipinski definition) is 2. The Balaban J connectivity index is 1.82. The van der Waals surface area contributed by atoms with Gasteiger partial charge in [-0.15, -0.1) is 0 Å². The third kappa shape index (κ3) is 5.22. The lowest BCUT2D eigenvalue weighted by molar-refractivity contribution is -0.134. The van der Waals surface area contributed by atoms with Gasteiger partial charge in [-0.3, -0.25) is 14.5 Å². The molecule has 1 heterocycles. The molecule has 2 amide bonds. The number of amides is 2. The number of carbonyl (C=O) groups is 2. The van der Waals surface area contributed by atoms with Crippen LogP contribution in [0.4, 0.5) is 0 Å². The molecule has 2 rings (SSSR count). The van der Waals surface area contributed by atoms with E-state index < -0.39 is 0 Å². The number of nitrogens with one attached hydrogen (secondary N) is 2.